The van der Waals surface area contributed by atoms with Crippen LogP contribution in [0.3, 0.4) is 0 Å². The van der Waals surface area contributed by atoms with Crippen LogP contribution in [0.5, 0.6) is 5.75 Å². The third kappa shape index (κ3) is 3.03. The Balaban J connectivity index is 1.53. The molecule has 25 heavy (non-hydrogen) atoms. The van der Waals surface area contributed by atoms with Gasteiger partial charge in [0.15, 0.2) is 0 Å². The number of amides is 2. The van der Waals surface area contributed by atoms with Gasteiger partial charge in [0.05, 0.1) is 24.7 Å². The highest BCUT2D eigenvalue weighted by Crippen LogP contribution is 2.21. The zero-order valence-corrected chi connectivity index (χ0v) is 14.1. The van der Waals surface area contributed by atoms with Crippen molar-refractivity contribution in [3.05, 3.63) is 54.4 Å². The zero-order chi connectivity index (χ0) is 17.2. The first-order valence-corrected chi connectivity index (χ1v) is 8.39. The molecule has 1 aliphatic rings. The number of carbonyl (C=O) groups is 1. The van der Waals surface area contributed by atoms with E-state index >= 15 is 0 Å². The second-order valence-corrected chi connectivity index (χ2v) is 6.10. The second kappa shape index (κ2) is 6.47. The van der Waals surface area contributed by atoms with Crippen molar-refractivity contribution < 1.29 is 9.53 Å². The van der Waals surface area contributed by atoms with Gasteiger partial charge in [-0.3, -0.25) is 0 Å². The van der Waals surface area contributed by atoms with E-state index in [0.29, 0.717) is 13.1 Å². The van der Waals surface area contributed by atoms with Gasteiger partial charge in [-0.1, -0.05) is 12.1 Å². The molecule has 0 spiro atoms. The predicted octanol–water partition coefficient (Wildman–Crippen LogP) is 3.48. The Hall–Kier alpha value is -3.02. The molecule has 0 saturated heterocycles. The SMILES string of the molecule is COc1ccc(NC(=O)N2CCCn3c(nc4ccccc43)C2)cc1. The Kier molecular flexibility index (Phi) is 4.01. The fraction of sp³-hybridized carbons (Fsp3) is 0.263. The van der Waals surface area contributed by atoms with Crippen LogP contribution in [0.15, 0.2) is 48.5 Å². The maximum Gasteiger partial charge on any atom is 0.322 e. The Morgan fingerprint density at radius 1 is 1.12 bits per heavy atom. The number of anilines is 1. The average Bonchev–Trinajstić information content (AvgIpc) is 2.85. The summed E-state index contributed by atoms with van der Waals surface area (Å²) in [7, 11) is 1.62. The summed E-state index contributed by atoms with van der Waals surface area (Å²) in [6.45, 7) is 2.10. The van der Waals surface area contributed by atoms with Crippen molar-refractivity contribution in [2.75, 3.05) is 19.0 Å². The monoisotopic (exact) mass is 336 g/mol. The van der Waals surface area contributed by atoms with E-state index in [9.17, 15) is 4.79 Å². The fourth-order valence-electron chi connectivity index (χ4n) is 3.22. The standard InChI is InChI=1S/C19H20N4O2/c1-25-15-9-7-14(8-10-15)20-19(24)22-11-4-12-23-17-6-3-2-5-16(17)21-18(23)13-22/h2-3,5-10H,4,11-13H2,1H3,(H,20,24). The van der Waals surface area contributed by atoms with Crippen LogP contribution in [-0.4, -0.2) is 34.1 Å². The number of nitrogens with one attached hydrogen (secondary N) is 1. The number of aryl methyl sites for hydroxylation is 1. The van der Waals surface area contributed by atoms with Gasteiger partial charge in [0, 0.05) is 18.8 Å². The predicted molar refractivity (Wildman–Crippen MR) is 96.8 cm³/mol. The average molecular weight is 336 g/mol. The number of rotatable bonds is 2. The number of hydrogen-bond donors (Lipinski definition) is 1. The number of urea groups is 1. The molecule has 0 bridgehead atoms. The van der Waals surface area contributed by atoms with E-state index in [-0.39, 0.29) is 6.03 Å². The fourth-order valence-corrected chi connectivity index (χ4v) is 3.22. The molecule has 0 saturated carbocycles. The van der Waals surface area contributed by atoms with Crippen LogP contribution in [0, 0.1) is 0 Å². The molecule has 4 rings (SSSR count). The summed E-state index contributed by atoms with van der Waals surface area (Å²) in [6.07, 6.45) is 0.906. The third-order valence-corrected chi connectivity index (χ3v) is 4.50. The molecule has 0 unspecified atom stereocenters. The Bertz CT molecular complexity index is 901. The molecule has 0 atom stereocenters. The van der Waals surface area contributed by atoms with Gasteiger partial charge < -0.3 is 19.5 Å². The summed E-state index contributed by atoms with van der Waals surface area (Å²) in [5, 5.41) is 2.95. The van der Waals surface area contributed by atoms with Crippen LogP contribution in [0.25, 0.3) is 11.0 Å². The lowest BCUT2D eigenvalue weighted by Gasteiger charge is -2.20. The summed E-state index contributed by atoms with van der Waals surface area (Å²) in [6, 6.07) is 15.3. The van der Waals surface area contributed by atoms with Crippen molar-refractivity contribution in [2.24, 2.45) is 0 Å². The van der Waals surface area contributed by atoms with Crippen LogP contribution < -0.4 is 10.1 Å². The minimum atomic E-state index is -0.106. The number of carbonyl (C=O) groups excluding carboxylic acids is 1. The number of para-hydroxylation sites is 2. The van der Waals surface area contributed by atoms with E-state index in [4.69, 9.17) is 9.72 Å². The highest BCUT2D eigenvalue weighted by atomic mass is 16.5. The molecule has 2 amide bonds. The van der Waals surface area contributed by atoms with Gasteiger partial charge in [0.1, 0.15) is 11.6 Å². The van der Waals surface area contributed by atoms with E-state index < -0.39 is 0 Å². The van der Waals surface area contributed by atoms with Crippen molar-refractivity contribution in [1.29, 1.82) is 0 Å². The van der Waals surface area contributed by atoms with Gasteiger partial charge in [-0.05, 0) is 42.8 Å². The zero-order valence-electron chi connectivity index (χ0n) is 14.1. The van der Waals surface area contributed by atoms with Crippen molar-refractivity contribution >= 4 is 22.8 Å². The van der Waals surface area contributed by atoms with Crippen molar-refractivity contribution in [2.45, 2.75) is 19.5 Å². The Morgan fingerprint density at radius 3 is 2.72 bits per heavy atom. The molecule has 6 nitrogen and oxygen atoms in total. The van der Waals surface area contributed by atoms with E-state index in [1.165, 1.54) is 0 Å². The molecule has 0 aliphatic carbocycles. The normalized spacial score (nSPS) is 14.0. The van der Waals surface area contributed by atoms with Gasteiger partial charge in [-0.25, -0.2) is 9.78 Å². The van der Waals surface area contributed by atoms with Gasteiger partial charge in [-0.2, -0.15) is 0 Å². The van der Waals surface area contributed by atoms with Gasteiger partial charge in [0.2, 0.25) is 0 Å². The number of methoxy groups -OCH3 is 1. The number of nitrogens with zero attached hydrogens (tertiary/aromatic N) is 3. The number of imidazole rings is 1. The number of hydrogen-bond acceptors (Lipinski definition) is 3. The van der Waals surface area contributed by atoms with E-state index in [0.717, 1.165) is 41.3 Å². The molecule has 1 N–H and O–H groups in total. The molecule has 6 heteroatoms. The molecule has 0 fully saturated rings. The van der Waals surface area contributed by atoms with Crippen LogP contribution in [0.2, 0.25) is 0 Å². The number of benzene rings is 2. The molecular formula is C19H20N4O2. The third-order valence-electron chi connectivity index (χ3n) is 4.50. The lowest BCUT2D eigenvalue weighted by atomic mass is 10.3. The van der Waals surface area contributed by atoms with Crippen LogP contribution >= 0.6 is 0 Å². The number of fused-ring (bicyclic) bond motifs is 3. The summed E-state index contributed by atoms with van der Waals surface area (Å²) in [4.78, 5) is 19.2. The summed E-state index contributed by atoms with van der Waals surface area (Å²) in [5.41, 5.74) is 2.87. The summed E-state index contributed by atoms with van der Waals surface area (Å²) in [5.74, 6) is 1.70. The Labute approximate surface area is 146 Å². The minimum Gasteiger partial charge on any atom is -0.497 e. The highest BCUT2D eigenvalue weighted by molar-refractivity contribution is 5.89. The lowest BCUT2D eigenvalue weighted by Crippen LogP contribution is -2.34. The first-order chi connectivity index (χ1) is 12.2. The molecule has 2 aromatic carbocycles. The first-order valence-electron chi connectivity index (χ1n) is 8.39. The highest BCUT2D eigenvalue weighted by Gasteiger charge is 2.21. The van der Waals surface area contributed by atoms with E-state index in [1.54, 1.807) is 7.11 Å². The quantitative estimate of drug-likeness (QED) is 0.779. The second-order valence-electron chi connectivity index (χ2n) is 6.10. The van der Waals surface area contributed by atoms with Crippen molar-refractivity contribution in [3.8, 4) is 5.75 Å². The summed E-state index contributed by atoms with van der Waals surface area (Å²) >= 11 is 0. The molecule has 1 aromatic heterocycles. The molecule has 2 heterocycles. The van der Waals surface area contributed by atoms with Gasteiger partial charge >= 0.3 is 6.03 Å². The number of aromatic nitrogens is 2. The Morgan fingerprint density at radius 2 is 1.92 bits per heavy atom. The van der Waals surface area contributed by atoms with Gasteiger partial charge in [0.25, 0.3) is 0 Å². The van der Waals surface area contributed by atoms with E-state index in [1.807, 2.05) is 47.4 Å². The maximum absolute atomic E-state index is 12.6. The minimum absolute atomic E-state index is 0.106. The van der Waals surface area contributed by atoms with Crippen molar-refractivity contribution in [3.63, 3.8) is 0 Å². The van der Waals surface area contributed by atoms with Gasteiger partial charge in [-0.15, -0.1) is 0 Å². The molecule has 1 aliphatic heterocycles. The maximum atomic E-state index is 12.6. The first kappa shape index (κ1) is 15.5. The largest absolute Gasteiger partial charge is 0.497 e. The topological polar surface area (TPSA) is 59.4 Å². The van der Waals surface area contributed by atoms with Crippen LogP contribution in [-0.2, 0) is 13.1 Å². The molecule has 3 aromatic rings. The molecule has 128 valence electrons. The lowest BCUT2D eigenvalue weighted by molar-refractivity contribution is 0.209. The smallest absolute Gasteiger partial charge is 0.322 e. The van der Waals surface area contributed by atoms with Crippen LogP contribution in [0.1, 0.15) is 12.2 Å². The van der Waals surface area contributed by atoms with Crippen LogP contribution in [0.4, 0.5) is 10.5 Å². The molecular weight excluding hydrogens is 316 g/mol. The summed E-state index contributed by atoms with van der Waals surface area (Å²) < 4.78 is 7.36. The van der Waals surface area contributed by atoms with E-state index in [2.05, 4.69) is 16.0 Å². The molecule has 0 radical (unpaired) electrons. The number of ether oxygens (including phenoxy) is 1. The van der Waals surface area contributed by atoms with Crippen molar-refractivity contribution in [1.82, 2.24) is 14.5 Å².